The van der Waals surface area contributed by atoms with Crippen molar-refractivity contribution < 1.29 is 24.1 Å². The maximum atomic E-state index is 13.6. The molecule has 32 heavy (non-hydrogen) atoms. The van der Waals surface area contributed by atoms with Gasteiger partial charge >= 0.3 is 198 Å². The van der Waals surface area contributed by atoms with Gasteiger partial charge in [-0.2, -0.15) is 0 Å². The fourth-order valence-electron chi connectivity index (χ4n) is 3.54. The Labute approximate surface area is 197 Å². The van der Waals surface area contributed by atoms with E-state index in [2.05, 4.69) is 15.6 Å². The van der Waals surface area contributed by atoms with E-state index in [0.717, 1.165) is 11.1 Å². The van der Waals surface area contributed by atoms with E-state index in [-0.39, 0.29) is 24.5 Å². The molecule has 1 aliphatic rings. The predicted molar refractivity (Wildman–Crippen MR) is 124 cm³/mol. The molecule has 1 N–H and O–H groups in total. The van der Waals surface area contributed by atoms with Crippen LogP contribution in [0.3, 0.4) is 0 Å². The molecule has 1 heterocycles. The molecule has 0 aromatic heterocycles. The van der Waals surface area contributed by atoms with Gasteiger partial charge in [-0.1, -0.05) is 0 Å². The first-order valence-corrected chi connectivity index (χ1v) is 11.7. The minimum absolute atomic E-state index is 0.130. The van der Waals surface area contributed by atoms with Crippen molar-refractivity contribution in [3.63, 3.8) is 0 Å². The first kappa shape index (κ1) is 24.6. The molecule has 2 aromatic carbocycles. The summed E-state index contributed by atoms with van der Waals surface area (Å²) in [6, 6.07) is 19.2. The van der Waals surface area contributed by atoms with Gasteiger partial charge in [0, 0.05) is 0 Å². The van der Waals surface area contributed by atoms with Gasteiger partial charge < -0.3 is 0 Å². The van der Waals surface area contributed by atoms with E-state index in [1.54, 1.807) is 11.8 Å². The van der Waals surface area contributed by atoms with Gasteiger partial charge in [-0.05, 0) is 0 Å². The Balaban J connectivity index is 1.75. The number of hydrogen-bond donors (Lipinski definition) is 1. The number of benzene rings is 2. The Hall–Kier alpha value is -2.02. The molecule has 3 rings (SSSR count). The molecule has 7 heteroatoms. The average Bonchev–Trinajstić information content (AvgIpc) is 3.20. The monoisotopic (exact) mass is 505 g/mol. The molecular formula is C25H31NO5Se. The van der Waals surface area contributed by atoms with Crippen molar-refractivity contribution in [3.8, 4) is 0 Å². The summed E-state index contributed by atoms with van der Waals surface area (Å²) in [5.74, 6) is -0.156. The molecular weight excluding hydrogens is 473 g/mol. The molecule has 2 aromatic rings. The van der Waals surface area contributed by atoms with E-state index in [1.807, 2.05) is 74.5 Å². The van der Waals surface area contributed by atoms with E-state index < -0.39 is 18.3 Å². The Morgan fingerprint density at radius 3 is 2.09 bits per heavy atom. The van der Waals surface area contributed by atoms with Gasteiger partial charge in [-0.3, -0.25) is 0 Å². The molecule has 0 spiro atoms. The molecule has 172 valence electrons. The van der Waals surface area contributed by atoms with Crippen molar-refractivity contribution in [1.82, 2.24) is 4.90 Å². The van der Waals surface area contributed by atoms with Crippen molar-refractivity contribution in [2.45, 2.75) is 58.3 Å². The van der Waals surface area contributed by atoms with Gasteiger partial charge in [0.05, 0.1) is 0 Å². The molecule has 1 amide bonds. The van der Waals surface area contributed by atoms with Gasteiger partial charge in [0.2, 0.25) is 0 Å². The third-order valence-electron chi connectivity index (χ3n) is 5.58. The molecule has 4 atom stereocenters. The van der Waals surface area contributed by atoms with Crippen LogP contribution in [0.5, 0.6) is 0 Å². The van der Waals surface area contributed by atoms with Gasteiger partial charge in [0.15, 0.2) is 0 Å². The summed E-state index contributed by atoms with van der Waals surface area (Å²) in [5.41, 5.74) is 1.91. The van der Waals surface area contributed by atoms with E-state index in [1.165, 1.54) is 0 Å². The fraction of sp³-hybridized carbons (Fsp3) is 0.440. The van der Waals surface area contributed by atoms with Crippen LogP contribution in [0.1, 0.15) is 31.9 Å². The van der Waals surface area contributed by atoms with Crippen LogP contribution in [0.4, 0.5) is 0 Å². The number of aliphatic hydroxyl groups excluding tert-OH is 1. The molecule has 1 saturated heterocycles. The average molecular weight is 504 g/mol. The molecule has 1 unspecified atom stereocenters. The van der Waals surface area contributed by atoms with E-state index in [0.29, 0.717) is 17.9 Å². The molecule has 6 nitrogen and oxygen atoms in total. The zero-order valence-corrected chi connectivity index (χ0v) is 20.4. The van der Waals surface area contributed by atoms with Crippen LogP contribution in [0.15, 0.2) is 60.7 Å². The third kappa shape index (κ3) is 6.27. The second-order valence-electron chi connectivity index (χ2n) is 8.31. The first-order valence-electron chi connectivity index (χ1n) is 10.9. The SMILES string of the molecule is CC(C)[C@H]1COC(=[Se])N1C(=O)[C@H](OCc1ccccc1)[C@@H](O)C(C)OCc1ccccc1. The van der Waals surface area contributed by atoms with E-state index >= 15 is 0 Å². The first-order chi connectivity index (χ1) is 15.4. The normalized spacial score (nSPS) is 19.0. The number of nitrogens with zero attached hydrogens (tertiary/aromatic N) is 1. The number of hydrogen-bond acceptors (Lipinski definition) is 5. The molecule has 0 aliphatic carbocycles. The van der Waals surface area contributed by atoms with Crippen molar-refractivity contribution in [2.75, 3.05) is 6.61 Å². The third-order valence-corrected chi connectivity index (χ3v) is 6.24. The Kier molecular flexibility index (Phi) is 9.02. The van der Waals surface area contributed by atoms with Crippen LogP contribution in [0.2, 0.25) is 0 Å². The molecule has 0 saturated carbocycles. The number of aliphatic hydroxyl groups is 1. The van der Waals surface area contributed by atoms with E-state index in [4.69, 9.17) is 14.2 Å². The summed E-state index contributed by atoms with van der Waals surface area (Å²) >= 11 is 2.83. The minimum atomic E-state index is -1.16. The summed E-state index contributed by atoms with van der Waals surface area (Å²) in [4.78, 5) is 15.2. The van der Waals surface area contributed by atoms with Crippen LogP contribution in [0.25, 0.3) is 0 Å². The number of amides is 1. The van der Waals surface area contributed by atoms with Crippen LogP contribution < -0.4 is 0 Å². The molecule has 1 aliphatic heterocycles. The summed E-state index contributed by atoms with van der Waals surface area (Å²) in [6.45, 7) is 6.77. The van der Waals surface area contributed by atoms with Gasteiger partial charge in [0.1, 0.15) is 0 Å². The second-order valence-corrected chi connectivity index (χ2v) is 9.04. The maximum absolute atomic E-state index is 13.6. The quantitative estimate of drug-likeness (QED) is 0.504. The Morgan fingerprint density at radius 2 is 1.56 bits per heavy atom. The van der Waals surface area contributed by atoms with Gasteiger partial charge in [-0.15, -0.1) is 0 Å². The van der Waals surface area contributed by atoms with Gasteiger partial charge in [0.25, 0.3) is 0 Å². The van der Waals surface area contributed by atoms with Gasteiger partial charge in [-0.25, -0.2) is 0 Å². The van der Waals surface area contributed by atoms with Crippen LogP contribution in [-0.2, 0) is 32.2 Å². The zero-order chi connectivity index (χ0) is 23.1. The number of carbonyl (C=O) groups is 1. The van der Waals surface area contributed by atoms with Crippen molar-refractivity contribution in [1.29, 1.82) is 0 Å². The van der Waals surface area contributed by atoms with Crippen LogP contribution >= 0.6 is 0 Å². The van der Waals surface area contributed by atoms with E-state index in [9.17, 15) is 9.90 Å². The molecule has 0 bridgehead atoms. The second kappa shape index (κ2) is 11.7. The fourth-order valence-corrected chi connectivity index (χ4v) is 4.16. The van der Waals surface area contributed by atoms with Crippen molar-refractivity contribution in [3.05, 3.63) is 71.8 Å². The molecule has 1 fully saturated rings. The topological polar surface area (TPSA) is 68.2 Å². The van der Waals surface area contributed by atoms with Crippen LogP contribution in [-0.4, -0.2) is 67.2 Å². The number of carbonyl (C=O) groups excluding carboxylic acids is 1. The van der Waals surface area contributed by atoms with Crippen molar-refractivity contribution >= 4 is 26.2 Å². The zero-order valence-electron chi connectivity index (χ0n) is 18.7. The van der Waals surface area contributed by atoms with Crippen LogP contribution in [0, 0.1) is 5.92 Å². The number of ether oxygens (including phenoxy) is 3. The van der Waals surface area contributed by atoms with Crippen molar-refractivity contribution in [2.24, 2.45) is 5.92 Å². The number of rotatable bonds is 10. The molecule has 0 radical (unpaired) electrons. The summed E-state index contributed by atoms with van der Waals surface area (Å²) in [6.07, 6.45) is -2.88. The summed E-state index contributed by atoms with van der Waals surface area (Å²) < 4.78 is 17.9. The Morgan fingerprint density at radius 1 is 1.03 bits per heavy atom. The Bertz CT molecular complexity index is 876. The predicted octanol–water partition coefficient (Wildman–Crippen LogP) is 2.68. The standard InChI is InChI=1S/C25H31NO5Se/c1-17(2)21-16-31-25(32)26(21)24(28)23(30-15-20-12-8-5-9-13-20)22(27)18(3)29-14-19-10-6-4-7-11-19/h4-13,17-18,21-23,27H,14-16H2,1-3H3/t18?,21-,22+,23-/m1/s1. The summed E-state index contributed by atoms with van der Waals surface area (Å²) in [5, 5.41) is 11.1. The summed E-state index contributed by atoms with van der Waals surface area (Å²) in [7, 11) is 0.